The van der Waals surface area contributed by atoms with Crippen molar-refractivity contribution in [1.82, 2.24) is 0 Å². The van der Waals surface area contributed by atoms with Gasteiger partial charge in [0.15, 0.2) is 0 Å². The fourth-order valence-electron chi connectivity index (χ4n) is 2.37. The molecule has 0 aromatic heterocycles. The highest BCUT2D eigenvalue weighted by Crippen LogP contribution is 2.21. The van der Waals surface area contributed by atoms with Gasteiger partial charge in [0, 0.05) is 20.2 Å². The van der Waals surface area contributed by atoms with Crippen molar-refractivity contribution < 1.29 is 13.5 Å². The molecule has 2 aromatic rings. The van der Waals surface area contributed by atoms with Gasteiger partial charge in [-0.15, -0.1) is 0 Å². The number of halogens is 2. The van der Waals surface area contributed by atoms with Crippen LogP contribution in [0.25, 0.3) is 0 Å². The van der Waals surface area contributed by atoms with E-state index in [4.69, 9.17) is 10.5 Å². The fourth-order valence-corrected chi connectivity index (χ4v) is 2.37. The van der Waals surface area contributed by atoms with Crippen LogP contribution in [0.2, 0.25) is 0 Å². The van der Waals surface area contributed by atoms with Gasteiger partial charge in [0.25, 0.3) is 10.9 Å². The molecule has 0 aliphatic heterocycles. The molecule has 0 aliphatic rings. The number of methoxy groups -OCH3 is 1. The number of likely N-dealkylation sites (N-methyl/N-ethyl adjacent to an activating group) is 1. The van der Waals surface area contributed by atoms with Crippen LogP contribution in [0.1, 0.15) is 5.56 Å². The lowest BCUT2D eigenvalue weighted by Crippen LogP contribution is -2.47. The molecule has 0 radical (unpaired) electrons. The highest BCUT2D eigenvalue weighted by molar-refractivity contribution is 5.72. The van der Waals surface area contributed by atoms with Crippen molar-refractivity contribution in [2.45, 2.75) is 12.5 Å². The van der Waals surface area contributed by atoms with Crippen molar-refractivity contribution >= 4 is 11.4 Å². The lowest BCUT2D eigenvalue weighted by molar-refractivity contribution is 0.177. The summed E-state index contributed by atoms with van der Waals surface area (Å²) in [4.78, 5) is 24.3. The van der Waals surface area contributed by atoms with E-state index in [2.05, 4.69) is 0 Å². The van der Waals surface area contributed by atoms with E-state index >= 15 is 0 Å². The van der Waals surface area contributed by atoms with Crippen molar-refractivity contribution in [3.8, 4) is 0 Å². The largest absolute Gasteiger partial charge is 0.394 e. The van der Waals surface area contributed by atoms with Gasteiger partial charge in [-0.3, -0.25) is 9.59 Å². The number of nitrogens with two attached hydrogens (primary N) is 1. The molecule has 0 fully saturated rings. The van der Waals surface area contributed by atoms with Crippen LogP contribution in [0.3, 0.4) is 0 Å². The van der Waals surface area contributed by atoms with Gasteiger partial charge in [0.2, 0.25) is 0 Å². The molecule has 0 saturated carbocycles. The quantitative estimate of drug-likeness (QED) is 0.800. The minimum atomic E-state index is -0.717. The maximum atomic E-state index is 13.8. The van der Waals surface area contributed by atoms with E-state index in [1.807, 2.05) is 0 Å². The molecule has 0 amide bonds. The molecule has 1 unspecified atom stereocenters. The highest BCUT2D eigenvalue weighted by atomic mass is 19.1. The van der Waals surface area contributed by atoms with Crippen LogP contribution in [0.15, 0.2) is 27.8 Å². The molecule has 0 spiro atoms. The zero-order valence-corrected chi connectivity index (χ0v) is 12.2. The Balaban J connectivity index is 2.27. The first-order valence-electron chi connectivity index (χ1n) is 6.61. The van der Waals surface area contributed by atoms with Crippen LogP contribution in [-0.4, -0.2) is 26.8 Å². The number of nitrogen functional groups attached to an aromatic ring is 1. The lowest BCUT2D eigenvalue weighted by Gasteiger charge is -2.30. The summed E-state index contributed by atoms with van der Waals surface area (Å²) in [6.45, 7) is 0.186. The van der Waals surface area contributed by atoms with Gasteiger partial charge in [-0.05, 0) is 18.1 Å². The number of benzene rings is 1. The lowest BCUT2D eigenvalue weighted by atomic mass is 10.0. The maximum absolute atomic E-state index is 13.8. The zero-order valence-electron chi connectivity index (χ0n) is 12.2. The molecule has 2 aromatic carbocycles. The second kappa shape index (κ2) is 6.23. The molecule has 0 saturated heterocycles. The predicted octanol–water partition coefficient (Wildman–Crippen LogP) is 0.837. The van der Waals surface area contributed by atoms with Crippen molar-refractivity contribution in [3.05, 3.63) is 55.8 Å². The van der Waals surface area contributed by atoms with Crippen LogP contribution in [0.5, 0.6) is 0 Å². The van der Waals surface area contributed by atoms with E-state index < -0.39 is 28.5 Å². The molecule has 0 aliphatic carbocycles. The Bertz CT molecular complexity index is 754. The first kappa shape index (κ1) is 16.1. The van der Waals surface area contributed by atoms with Crippen LogP contribution >= 0.6 is 0 Å². The molecule has 118 valence electrons. The maximum Gasteiger partial charge on any atom is 0.253 e. The molecular weight excluding hydrogens is 294 g/mol. The van der Waals surface area contributed by atoms with Crippen LogP contribution in [0.4, 0.5) is 20.2 Å². The summed E-state index contributed by atoms with van der Waals surface area (Å²) < 4.78 is 31.8. The SMILES string of the molecule is COCC(Cc1ccc(F)cc1F)N(C)c1c(N)c(=O)c1=O. The van der Waals surface area contributed by atoms with E-state index in [1.165, 1.54) is 18.1 Å². The summed E-state index contributed by atoms with van der Waals surface area (Å²) in [7, 11) is 3.05. The second-order valence-corrected chi connectivity index (χ2v) is 5.08. The third-order valence-corrected chi connectivity index (χ3v) is 3.65. The predicted molar refractivity (Wildman–Crippen MR) is 79.9 cm³/mol. The summed E-state index contributed by atoms with van der Waals surface area (Å²) in [6, 6.07) is 2.88. The summed E-state index contributed by atoms with van der Waals surface area (Å²) in [5, 5.41) is 0. The molecule has 2 rings (SSSR count). The number of ether oxygens (including phenoxy) is 1. The molecule has 7 heteroatoms. The second-order valence-electron chi connectivity index (χ2n) is 5.08. The third-order valence-electron chi connectivity index (χ3n) is 3.65. The standard InChI is InChI=1S/C15H16F2N2O3/c1-19(13-12(18)14(20)15(13)21)10(7-22-2)5-8-3-4-9(16)6-11(8)17/h3-4,6,10H,5,7,18H2,1-2H3. The number of nitrogens with zero attached hydrogens (tertiary/aromatic N) is 1. The number of hydrogen-bond donors (Lipinski definition) is 1. The minimum Gasteiger partial charge on any atom is -0.394 e. The normalized spacial score (nSPS) is 12.5. The van der Waals surface area contributed by atoms with E-state index in [-0.39, 0.29) is 30.0 Å². The Morgan fingerprint density at radius 1 is 1.27 bits per heavy atom. The molecule has 1 atom stereocenters. The molecule has 0 bridgehead atoms. The number of rotatable bonds is 6. The Morgan fingerprint density at radius 2 is 1.95 bits per heavy atom. The monoisotopic (exact) mass is 310 g/mol. The van der Waals surface area contributed by atoms with E-state index in [0.717, 1.165) is 12.1 Å². The fraction of sp³-hybridized carbons (Fsp3) is 0.333. The zero-order chi connectivity index (χ0) is 16.4. The van der Waals surface area contributed by atoms with E-state index in [0.29, 0.717) is 0 Å². The van der Waals surface area contributed by atoms with Gasteiger partial charge in [-0.1, -0.05) is 6.07 Å². The first-order chi connectivity index (χ1) is 10.4. The van der Waals surface area contributed by atoms with Gasteiger partial charge in [-0.2, -0.15) is 0 Å². The van der Waals surface area contributed by atoms with E-state index in [1.54, 1.807) is 7.05 Å². The molecule has 0 heterocycles. The van der Waals surface area contributed by atoms with Crippen LogP contribution in [0, 0.1) is 11.6 Å². The van der Waals surface area contributed by atoms with Gasteiger partial charge in [0.1, 0.15) is 23.0 Å². The van der Waals surface area contributed by atoms with Crippen molar-refractivity contribution in [2.75, 3.05) is 31.4 Å². The Hall–Kier alpha value is -2.28. The van der Waals surface area contributed by atoms with Gasteiger partial charge < -0.3 is 15.4 Å². The summed E-state index contributed by atoms with van der Waals surface area (Å²) in [5.74, 6) is -1.34. The summed E-state index contributed by atoms with van der Waals surface area (Å²) in [5.41, 5.74) is 4.44. The van der Waals surface area contributed by atoms with Gasteiger partial charge in [0.05, 0.1) is 12.6 Å². The minimum absolute atomic E-state index is 0.104. The molecule has 22 heavy (non-hydrogen) atoms. The Kier molecular flexibility index (Phi) is 4.56. The van der Waals surface area contributed by atoms with Crippen molar-refractivity contribution in [3.63, 3.8) is 0 Å². The number of hydrogen-bond acceptors (Lipinski definition) is 5. The average molecular weight is 310 g/mol. The smallest absolute Gasteiger partial charge is 0.253 e. The van der Waals surface area contributed by atoms with Gasteiger partial charge in [-0.25, -0.2) is 8.78 Å². The van der Waals surface area contributed by atoms with Gasteiger partial charge >= 0.3 is 0 Å². The van der Waals surface area contributed by atoms with Crippen molar-refractivity contribution in [1.29, 1.82) is 0 Å². The van der Waals surface area contributed by atoms with Crippen molar-refractivity contribution in [2.24, 2.45) is 0 Å². The van der Waals surface area contributed by atoms with Crippen LogP contribution < -0.4 is 21.5 Å². The third kappa shape index (κ3) is 2.85. The number of anilines is 2. The summed E-state index contributed by atoms with van der Waals surface area (Å²) in [6.07, 6.45) is 0.175. The molecule has 5 nitrogen and oxygen atoms in total. The highest BCUT2D eigenvalue weighted by Gasteiger charge is 2.27. The molecule has 2 N–H and O–H groups in total. The first-order valence-corrected chi connectivity index (χ1v) is 6.61. The topological polar surface area (TPSA) is 72.6 Å². The van der Waals surface area contributed by atoms with Crippen LogP contribution in [-0.2, 0) is 11.2 Å². The Morgan fingerprint density at radius 3 is 2.50 bits per heavy atom. The average Bonchev–Trinajstić information content (AvgIpc) is 2.48. The van der Waals surface area contributed by atoms with E-state index in [9.17, 15) is 18.4 Å². The summed E-state index contributed by atoms with van der Waals surface area (Å²) >= 11 is 0. The Labute approximate surface area is 125 Å². The molecular formula is C15H16F2N2O3.